The summed E-state index contributed by atoms with van der Waals surface area (Å²) in [6, 6.07) is 13.8. The van der Waals surface area contributed by atoms with Crippen molar-refractivity contribution in [2.45, 2.75) is 6.42 Å². The third-order valence-corrected chi connectivity index (χ3v) is 3.40. The van der Waals surface area contributed by atoms with Gasteiger partial charge in [-0.3, -0.25) is 9.59 Å². The topological polar surface area (TPSA) is 67.4 Å². The first-order valence-electron chi connectivity index (χ1n) is 7.07. The molecular weight excluding hydrogens is 316 g/mol. The second-order valence-electron chi connectivity index (χ2n) is 4.77. The molecular formula is C17H17ClN2O3. The molecule has 0 radical (unpaired) electrons. The van der Waals surface area contributed by atoms with E-state index < -0.39 is 0 Å². The van der Waals surface area contributed by atoms with Gasteiger partial charge in [0.05, 0.1) is 12.1 Å². The normalized spacial score (nSPS) is 10.0. The first kappa shape index (κ1) is 16.8. The summed E-state index contributed by atoms with van der Waals surface area (Å²) in [5.41, 5.74) is 1.14. The Kier molecular flexibility index (Phi) is 6.00. The molecule has 6 heteroatoms. The first-order valence-corrected chi connectivity index (χ1v) is 7.44. The van der Waals surface area contributed by atoms with Gasteiger partial charge in [0.15, 0.2) is 0 Å². The largest absolute Gasteiger partial charge is 0.495 e. The smallest absolute Gasteiger partial charge is 0.251 e. The average Bonchev–Trinajstić information content (AvgIpc) is 2.55. The van der Waals surface area contributed by atoms with Gasteiger partial charge in [-0.25, -0.2) is 0 Å². The van der Waals surface area contributed by atoms with Gasteiger partial charge in [0.2, 0.25) is 5.91 Å². The molecule has 0 aromatic heterocycles. The number of methoxy groups -OCH3 is 1. The number of nitrogens with one attached hydrogen (secondary N) is 2. The molecule has 5 nitrogen and oxygen atoms in total. The standard InChI is InChI=1S/C17H17ClN2O3/c1-23-15-8-7-13(11-14(15)18)20-16(21)9-10-19-17(22)12-5-3-2-4-6-12/h2-8,11H,9-10H2,1H3,(H,19,22)(H,20,21). The molecule has 0 heterocycles. The fourth-order valence-electron chi connectivity index (χ4n) is 1.95. The molecule has 0 aliphatic carbocycles. The maximum Gasteiger partial charge on any atom is 0.251 e. The molecule has 0 unspecified atom stereocenters. The number of benzene rings is 2. The summed E-state index contributed by atoms with van der Waals surface area (Å²) in [5, 5.41) is 5.84. The zero-order valence-electron chi connectivity index (χ0n) is 12.6. The Labute approximate surface area is 139 Å². The van der Waals surface area contributed by atoms with Crippen LogP contribution in [0.1, 0.15) is 16.8 Å². The van der Waals surface area contributed by atoms with E-state index in [-0.39, 0.29) is 24.8 Å². The van der Waals surface area contributed by atoms with Crippen LogP contribution in [0, 0.1) is 0 Å². The number of hydrogen-bond acceptors (Lipinski definition) is 3. The quantitative estimate of drug-likeness (QED) is 0.854. The zero-order valence-corrected chi connectivity index (χ0v) is 13.4. The van der Waals surface area contributed by atoms with E-state index in [0.29, 0.717) is 22.0 Å². The Morgan fingerprint density at radius 1 is 1.13 bits per heavy atom. The number of rotatable bonds is 6. The molecule has 2 rings (SSSR count). The predicted molar refractivity (Wildman–Crippen MR) is 90.0 cm³/mol. The van der Waals surface area contributed by atoms with Crippen LogP contribution in [0.2, 0.25) is 5.02 Å². The zero-order chi connectivity index (χ0) is 16.7. The van der Waals surface area contributed by atoms with Crippen molar-refractivity contribution in [3.05, 3.63) is 59.1 Å². The SMILES string of the molecule is COc1ccc(NC(=O)CCNC(=O)c2ccccc2)cc1Cl. The van der Waals surface area contributed by atoms with Crippen molar-refractivity contribution in [1.82, 2.24) is 5.32 Å². The van der Waals surface area contributed by atoms with Crippen LogP contribution in [0.25, 0.3) is 0 Å². The fraction of sp³-hybridized carbons (Fsp3) is 0.176. The van der Waals surface area contributed by atoms with Crippen LogP contribution < -0.4 is 15.4 Å². The van der Waals surface area contributed by atoms with E-state index >= 15 is 0 Å². The molecule has 0 saturated carbocycles. The summed E-state index contributed by atoms with van der Waals surface area (Å²) in [5.74, 6) is 0.130. The number of hydrogen-bond donors (Lipinski definition) is 2. The van der Waals surface area contributed by atoms with E-state index in [1.54, 1.807) is 42.5 Å². The average molecular weight is 333 g/mol. The van der Waals surface area contributed by atoms with Gasteiger partial charge in [0, 0.05) is 24.2 Å². The highest BCUT2D eigenvalue weighted by Gasteiger charge is 2.08. The molecule has 2 N–H and O–H groups in total. The van der Waals surface area contributed by atoms with Crippen molar-refractivity contribution in [2.75, 3.05) is 19.0 Å². The van der Waals surface area contributed by atoms with Crippen LogP contribution in [0.15, 0.2) is 48.5 Å². The lowest BCUT2D eigenvalue weighted by atomic mass is 10.2. The lowest BCUT2D eigenvalue weighted by Crippen LogP contribution is -2.27. The van der Waals surface area contributed by atoms with Gasteiger partial charge in [-0.05, 0) is 30.3 Å². The number of carbonyl (C=O) groups excluding carboxylic acids is 2. The van der Waals surface area contributed by atoms with E-state index in [0.717, 1.165) is 0 Å². The van der Waals surface area contributed by atoms with Gasteiger partial charge in [0.25, 0.3) is 5.91 Å². The summed E-state index contributed by atoms with van der Waals surface area (Å²) >= 11 is 5.99. The number of ether oxygens (including phenoxy) is 1. The van der Waals surface area contributed by atoms with Crippen LogP contribution in [0.3, 0.4) is 0 Å². The molecule has 2 amide bonds. The fourth-order valence-corrected chi connectivity index (χ4v) is 2.21. The summed E-state index contributed by atoms with van der Waals surface area (Å²) in [7, 11) is 1.52. The Morgan fingerprint density at radius 3 is 2.52 bits per heavy atom. The summed E-state index contributed by atoms with van der Waals surface area (Å²) in [6.07, 6.45) is 0.169. The summed E-state index contributed by atoms with van der Waals surface area (Å²) < 4.78 is 5.05. The highest BCUT2D eigenvalue weighted by atomic mass is 35.5. The van der Waals surface area contributed by atoms with Crippen LogP contribution in [-0.2, 0) is 4.79 Å². The minimum Gasteiger partial charge on any atom is -0.495 e. The molecule has 2 aromatic carbocycles. The van der Waals surface area contributed by atoms with E-state index in [4.69, 9.17) is 16.3 Å². The maximum atomic E-state index is 11.9. The van der Waals surface area contributed by atoms with Gasteiger partial charge in [0.1, 0.15) is 5.75 Å². The second-order valence-corrected chi connectivity index (χ2v) is 5.18. The van der Waals surface area contributed by atoms with Crippen LogP contribution in [0.5, 0.6) is 5.75 Å². The Hall–Kier alpha value is -2.53. The number of amides is 2. The lowest BCUT2D eigenvalue weighted by molar-refractivity contribution is -0.116. The van der Waals surface area contributed by atoms with E-state index in [2.05, 4.69) is 10.6 Å². The highest BCUT2D eigenvalue weighted by Crippen LogP contribution is 2.27. The molecule has 0 atom stereocenters. The molecule has 0 aliphatic rings. The van der Waals surface area contributed by atoms with Gasteiger partial charge >= 0.3 is 0 Å². The molecule has 120 valence electrons. The molecule has 0 fully saturated rings. The first-order chi connectivity index (χ1) is 11.1. The third-order valence-electron chi connectivity index (χ3n) is 3.11. The van der Waals surface area contributed by atoms with Crippen molar-refractivity contribution in [2.24, 2.45) is 0 Å². The molecule has 23 heavy (non-hydrogen) atoms. The molecule has 0 bridgehead atoms. The van der Waals surface area contributed by atoms with Gasteiger partial charge in [-0.15, -0.1) is 0 Å². The monoisotopic (exact) mass is 332 g/mol. The van der Waals surface area contributed by atoms with Gasteiger partial charge < -0.3 is 15.4 Å². The maximum absolute atomic E-state index is 11.9. The molecule has 0 aliphatic heterocycles. The van der Waals surface area contributed by atoms with Crippen molar-refractivity contribution in [1.29, 1.82) is 0 Å². The molecule has 0 saturated heterocycles. The second kappa shape index (κ2) is 8.19. The van der Waals surface area contributed by atoms with Crippen molar-refractivity contribution < 1.29 is 14.3 Å². The highest BCUT2D eigenvalue weighted by molar-refractivity contribution is 6.32. The third kappa shape index (κ3) is 5.00. The van der Waals surface area contributed by atoms with E-state index in [1.807, 2.05) is 6.07 Å². The van der Waals surface area contributed by atoms with Gasteiger partial charge in [-0.1, -0.05) is 29.8 Å². The summed E-state index contributed by atoms with van der Waals surface area (Å²) in [4.78, 5) is 23.7. The van der Waals surface area contributed by atoms with E-state index in [1.165, 1.54) is 7.11 Å². The van der Waals surface area contributed by atoms with Gasteiger partial charge in [-0.2, -0.15) is 0 Å². The Morgan fingerprint density at radius 2 is 1.87 bits per heavy atom. The van der Waals surface area contributed by atoms with Crippen molar-refractivity contribution >= 4 is 29.1 Å². The Balaban J connectivity index is 1.79. The number of anilines is 1. The lowest BCUT2D eigenvalue weighted by Gasteiger charge is -2.09. The predicted octanol–water partition coefficient (Wildman–Crippen LogP) is 3.11. The van der Waals surface area contributed by atoms with Crippen molar-refractivity contribution in [3.8, 4) is 5.75 Å². The summed E-state index contributed by atoms with van der Waals surface area (Å²) in [6.45, 7) is 0.253. The molecule has 2 aromatic rings. The minimum atomic E-state index is -0.209. The van der Waals surface area contributed by atoms with Crippen LogP contribution in [0.4, 0.5) is 5.69 Å². The minimum absolute atomic E-state index is 0.169. The van der Waals surface area contributed by atoms with Crippen LogP contribution in [-0.4, -0.2) is 25.5 Å². The van der Waals surface area contributed by atoms with E-state index in [9.17, 15) is 9.59 Å². The molecule has 0 spiro atoms. The number of halogens is 1. The number of carbonyl (C=O) groups is 2. The Bertz CT molecular complexity index is 689. The van der Waals surface area contributed by atoms with Crippen LogP contribution >= 0.6 is 11.6 Å². The van der Waals surface area contributed by atoms with Crippen molar-refractivity contribution in [3.63, 3.8) is 0 Å².